The van der Waals surface area contributed by atoms with Crippen molar-refractivity contribution >= 4 is 22.7 Å². The maximum atomic E-state index is 12.7. The second-order valence-corrected chi connectivity index (χ2v) is 8.21. The number of H-pyrrole nitrogens is 1. The second kappa shape index (κ2) is 11.2. The Bertz CT molecular complexity index is 1290. The summed E-state index contributed by atoms with van der Waals surface area (Å²) in [4.78, 5) is 36.2. The fourth-order valence-corrected chi connectivity index (χ4v) is 3.90. The van der Waals surface area contributed by atoms with Gasteiger partial charge < -0.3 is 20.8 Å². The Labute approximate surface area is 202 Å². The van der Waals surface area contributed by atoms with Crippen LogP contribution in [0.5, 0.6) is 5.88 Å². The number of hydrogen-bond acceptors (Lipinski definition) is 7. The number of carbonyl (C=O) groups is 2. The average Bonchev–Trinajstić information content (AvgIpc) is 3.54. The number of aromatic nitrogens is 6. The zero-order valence-electron chi connectivity index (χ0n) is 19.5. The molecule has 0 radical (unpaired) electrons. The summed E-state index contributed by atoms with van der Waals surface area (Å²) in [6.07, 6.45) is 8.17. The third-order valence-electron chi connectivity index (χ3n) is 5.63. The number of para-hydroxylation sites is 1. The van der Waals surface area contributed by atoms with E-state index in [2.05, 4.69) is 30.6 Å². The van der Waals surface area contributed by atoms with Crippen molar-refractivity contribution < 1.29 is 14.3 Å². The zero-order valence-corrected chi connectivity index (χ0v) is 19.5. The number of primary amides is 1. The summed E-state index contributed by atoms with van der Waals surface area (Å²) >= 11 is 0. The molecular formula is C24H28N8O3. The van der Waals surface area contributed by atoms with Crippen LogP contribution in [-0.2, 0) is 16.1 Å². The van der Waals surface area contributed by atoms with Crippen LogP contribution in [0.25, 0.3) is 22.2 Å². The Balaban J connectivity index is 1.54. The van der Waals surface area contributed by atoms with Crippen LogP contribution in [0.4, 0.5) is 0 Å². The average molecular weight is 477 g/mol. The van der Waals surface area contributed by atoms with Gasteiger partial charge in [-0.05, 0) is 25.0 Å². The van der Waals surface area contributed by atoms with E-state index in [9.17, 15) is 9.59 Å². The predicted molar refractivity (Wildman–Crippen MR) is 129 cm³/mol. The van der Waals surface area contributed by atoms with Gasteiger partial charge in [0.1, 0.15) is 12.4 Å². The molecule has 4 aromatic rings. The quantitative estimate of drug-likeness (QED) is 0.265. The van der Waals surface area contributed by atoms with Crippen molar-refractivity contribution in [1.82, 2.24) is 35.3 Å². The first-order valence-corrected chi connectivity index (χ1v) is 11.4. The van der Waals surface area contributed by atoms with Crippen LogP contribution in [0.1, 0.15) is 44.0 Å². The van der Waals surface area contributed by atoms with Gasteiger partial charge in [0, 0.05) is 18.0 Å². The van der Waals surface area contributed by atoms with Crippen molar-refractivity contribution in [3.05, 3.63) is 54.7 Å². The Hall–Kier alpha value is -4.28. The molecule has 11 heteroatoms. The molecule has 0 aliphatic rings. The van der Waals surface area contributed by atoms with Crippen LogP contribution in [0.2, 0.25) is 0 Å². The van der Waals surface area contributed by atoms with E-state index in [1.165, 1.54) is 10.9 Å². The van der Waals surface area contributed by atoms with Gasteiger partial charge >= 0.3 is 0 Å². The maximum absolute atomic E-state index is 12.7. The fourth-order valence-electron chi connectivity index (χ4n) is 3.90. The molecular weight excluding hydrogens is 448 g/mol. The topological polar surface area (TPSA) is 154 Å². The van der Waals surface area contributed by atoms with Crippen LogP contribution in [0.15, 0.2) is 48.9 Å². The van der Waals surface area contributed by atoms with Gasteiger partial charge in [-0.1, -0.05) is 36.3 Å². The molecule has 11 nitrogen and oxygen atoms in total. The van der Waals surface area contributed by atoms with E-state index in [-0.39, 0.29) is 24.4 Å². The van der Waals surface area contributed by atoms with Crippen LogP contribution >= 0.6 is 0 Å². The number of pyridine rings is 1. The molecule has 0 saturated heterocycles. The van der Waals surface area contributed by atoms with Gasteiger partial charge in [-0.3, -0.25) is 9.59 Å². The molecule has 0 unspecified atom stereocenters. The summed E-state index contributed by atoms with van der Waals surface area (Å²) in [6, 6.07) is 9.45. The van der Waals surface area contributed by atoms with E-state index in [4.69, 9.17) is 10.5 Å². The highest BCUT2D eigenvalue weighted by Gasteiger charge is 2.20. The van der Waals surface area contributed by atoms with Crippen LogP contribution in [0, 0.1) is 0 Å². The van der Waals surface area contributed by atoms with Gasteiger partial charge in [-0.25, -0.2) is 14.6 Å². The molecule has 2 amide bonds. The number of carbonyl (C=O) groups excluding carboxylic acids is 2. The molecule has 0 saturated carbocycles. The number of nitrogens with zero attached hydrogens (tertiary/aromatic N) is 5. The molecule has 0 aliphatic carbocycles. The second-order valence-electron chi connectivity index (χ2n) is 8.21. The standard InChI is InChI=1S/C24H28N8O3/c1-35-24-17(13-16-7-5-6-8-18(16)30-24)20-14-26-23(29-20)19(9-3-2-4-10-21(25)33)28-22(34)15-32-12-11-27-31-32/h5-8,11-14,19H,2-4,9-10,15H2,1H3,(H2,25,33)(H,26,29)(H,28,34)/t19-/m0/s1. The highest BCUT2D eigenvalue weighted by atomic mass is 16.5. The number of methoxy groups -OCH3 is 1. The number of imidazole rings is 1. The first kappa shape index (κ1) is 23.9. The Kier molecular flexibility index (Phi) is 7.66. The largest absolute Gasteiger partial charge is 0.480 e. The van der Waals surface area contributed by atoms with E-state index >= 15 is 0 Å². The fraction of sp³-hybridized carbons (Fsp3) is 0.333. The normalized spacial score (nSPS) is 11.9. The van der Waals surface area contributed by atoms with Crippen molar-refractivity contribution in [2.75, 3.05) is 7.11 Å². The number of amides is 2. The summed E-state index contributed by atoms with van der Waals surface area (Å²) in [6.45, 7) is 0.0498. The minimum Gasteiger partial charge on any atom is -0.480 e. The van der Waals surface area contributed by atoms with Crippen LogP contribution in [0.3, 0.4) is 0 Å². The van der Waals surface area contributed by atoms with Crippen molar-refractivity contribution in [1.29, 1.82) is 0 Å². The molecule has 4 N–H and O–H groups in total. The number of fused-ring (bicyclic) bond motifs is 1. The lowest BCUT2D eigenvalue weighted by Crippen LogP contribution is -2.32. The number of rotatable bonds is 12. The van der Waals surface area contributed by atoms with Gasteiger partial charge in [0.25, 0.3) is 0 Å². The third-order valence-corrected chi connectivity index (χ3v) is 5.63. The van der Waals surface area contributed by atoms with E-state index in [1.54, 1.807) is 19.5 Å². The summed E-state index contributed by atoms with van der Waals surface area (Å²) < 4.78 is 6.99. The van der Waals surface area contributed by atoms with Crippen molar-refractivity contribution in [2.24, 2.45) is 5.73 Å². The molecule has 0 bridgehead atoms. The first-order valence-electron chi connectivity index (χ1n) is 11.4. The highest BCUT2D eigenvalue weighted by molar-refractivity contribution is 5.85. The number of aromatic amines is 1. The molecule has 0 spiro atoms. The summed E-state index contributed by atoms with van der Waals surface area (Å²) in [5.74, 6) is 0.589. The zero-order chi connectivity index (χ0) is 24.6. The van der Waals surface area contributed by atoms with Gasteiger partial charge in [-0.2, -0.15) is 0 Å². The lowest BCUT2D eigenvalue weighted by molar-refractivity contribution is -0.122. The SMILES string of the molecule is COc1nc2ccccc2cc1-c1cnc([C@H](CCCCCC(N)=O)NC(=O)Cn2ccnn2)[nH]1. The predicted octanol–water partition coefficient (Wildman–Crippen LogP) is 2.52. The number of unbranched alkanes of at least 4 members (excludes halogenated alkanes) is 2. The molecule has 0 aliphatic heterocycles. The van der Waals surface area contributed by atoms with Gasteiger partial charge in [0.05, 0.1) is 42.3 Å². The summed E-state index contributed by atoms with van der Waals surface area (Å²) in [5.41, 5.74) is 7.58. The Morgan fingerprint density at radius 1 is 1.23 bits per heavy atom. The molecule has 182 valence electrons. The lowest BCUT2D eigenvalue weighted by atomic mass is 10.1. The van der Waals surface area contributed by atoms with E-state index < -0.39 is 0 Å². The number of ether oxygens (including phenoxy) is 1. The van der Waals surface area contributed by atoms with Gasteiger partial charge in [0.15, 0.2) is 0 Å². The van der Waals surface area contributed by atoms with E-state index in [0.717, 1.165) is 35.0 Å². The Morgan fingerprint density at radius 3 is 2.86 bits per heavy atom. The molecule has 1 atom stereocenters. The summed E-state index contributed by atoms with van der Waals surface area (Å²) in [7, 11) is 1.58. The van der Waals surface area contributed by atoms with Gasteiger partial charge in [-0.15, -0.1) is 5.10 Å². The monoisotopic (exact) mass is 476 g/mol. The molecule has 4 rings (SSSR count). The van der Waals surface area contributed by atoms with Crippen molar-refractivity contribution in [3.8, 4) is 17.1 Å². The third kappa shape index (κ3) is 6.19. The molecule has 35 heavy (non-hydrogen) atoms. The number of nitrogens with one attached hydrogen (secondary N) is 2. The van der Waals surface area contributed by atoms with Gasteiger partial charge in [0.2, 0.25) is 17.7 Å². The highest BCUT2D eigenvalue weighted by Crippen LogP contribution is 2.31. The molecule has 1 aromatic carbocycles. The van der Waals surface area contributed by atoms with Crippen LogP contribution in [-0.4, -0.2) is 48.9 Å². The number of benzene rings is 1. The Morgan fingerprint density at radius 2 is 2.09 bits per heavy atom. The molecule has 3 heterocycles. The minimum atomic E-state index is -0.354. The van der Waals surface area contributed by atoms with Crippen molar-refractivity contribution in [3.63, 3.8) is 0 Å². The smallest absolute Gasteiger partial charge is 0.242 e. The maximum Gasteiger partial charge on any atom is 0.242 e. The molecule has 3 aromatic heterocycles. The van der Waals surface area contributed by atoms with Crippen LogP contribution < -0.4 is 15.8 Å². The molecule has 0 fully saturated rings. The van der Waals surface area contributed by atoms with Crippen molar-refractivity contribution in [2.45, 2.75) is 44.7 Å². The number of hydrogen-bond donors (Lipinski definition) is 3. The number of nitrogens with two attached hydrogens (primary N) is 1. The summed E-state index contributed by atoms with van der Waals surface area (Å²) in [5, 5.41) is 11.6. The van der Waals surface area contributed by atoms with E-state index in [0.29, 0.717) is 31.0 Å². The minimum absolute atomic E-state index is 0.0498. The lowest BCUT2D eigenvalue weighted by Gasteiger charge is -2.17. The first-order chi connectivity index (χ1) is 17.0. The van der Waals surface area contributed by atoms with E-state index in [1.807, 2.05) is 30.3 Å².